The zero-order valence-corrected chi connectivity index (χ0v) is 23.0. The van der Waals surface area contributed by atoms with Gasteiger partial charge in [-0.05, 0) is 82.4 Å². The number of amides is 1. The van der Waals surface area contributed by atoms with E-state index in [1.165, 1.54) is 17.0 Å². The number of nitrogens with zero attached hydrogens (tertiary/aromatic N) is 2. The molecule has 216 valence electrons. The average molecular weight is 556 g/mol. The molecule has 1 amide bonds. The van der Waals surface area contributed by atoms with E-state index in [4.69, 9.17) is 5.73 Å². The highest BCUT2D eigenvalue weighted by Crippen LogP contribution is 2.53. The first kappa shape index (κ1) is 28.4. The number of likely N-dealkylation sites (tertiary alicyclic amines) is 1. The molecule has 1 saturated heterocycles. The molecule has 4 aliphatic rings. The van der Waals surface area contributed by atoms with Gasteiger partial charge in [0.05, 0.1) is 24.1 Å². The number of carbonyl (C=O) groups is 4. The third-order valence-corrected chi connectivity index (χ3v) is 9.58. The molecule has 6 atom stereocenters. The molecule has 0 spiro atoms. The Balaban J connectivity index is 1.54. The van der Waals surface area contributed by atoms with Crippen LogP contribution in [0.2, 0.25) is 0 Å². The molecule has 6 N–H and O–H groups in total. The molecule has 1 saturated carbocycles. The van der Waals surface area contributed by atoms with E-state index in [0.29, 0.717) is 17.0 Å². The SMILES string of the molecule is CC1CCN(CC(=O)c2ccc(O)c3c2C[C@H]2C[C@H]4[C@H](N(C)C)C(O)=C(C(N)=O)C(=O)[C@@]4(O)C(O)C2C3=O)CC1. The number of hydrogen-bond acceptors (Lipinski definition) is 10. The number of carbonyl (C=O) groups excluding carboxylic acids is 4. The summed E-state index contributed by atoms with van der Waals surface area (Å²) in [6.45, 7) is 3.96. The summed E-state index contributed by atoms with van der Waals surface area (Å²) in [6, 6.07) is 1.77. The van der Waals surface area contributed by atoms with Crippen molar-refractivity contribution in [1.82, 2.24) is 9.80 Å². The quantitative estimate of drug-likeness (QED) is 0.249. The molecule has 1 heterocycles. The average Bonchev–Trinajstić information content (AvgIpc) is 2.87. The van der Waals surface area contributed by atoms with E-state index >= 15 is 0 Å². The van der Waals surface area contributed by atoms with Crippen LogP contribution in [-0.4, -0.2) is 105 Å². The number of benzene rings is 1. The van der Waals surface area contributed by atoms with E-state index in [1.807, 2.05) is 0 Å². The van der Waals surface area contributed by atoms with E-state index in [-0.39, 0.29) is 36.5 Å². The number of nitrogens with two attached hydrogens (primary N) is 1. The van der Waals surface area contributed by atoms with Gasteiger partial charge in [-0.2, -0.15) is 0 Å². The zero-order chi connectivity index (χ0) is 29.3. The Bertz CT molecular complexity index is 1310. The summed E-state index contributed by atoms with van der Waals surface area (Å²) in [5, 5.41) is 44.8. The summed E-state index contributed by atoms with van der Waals surface area (Å²) in [7, 11) is 3.18. The Labute approximate surface area is 232 Å². The number of fused-ring (bicyclic) bond motifs is 3. The highest BCUT2D eigenvalue weighted by molar-refractivity contribution is 6.23. The molecule has 2 fully saturated rings. The predicted octanol–water partition coefficient (Wildman–Crippen LogP) is 0.200. The highest BCUT2D eigenvalue weighted by Gasteiger charge is 2.66. The van der Waals surface area contributed by atoms with Crippen molar-refractivity contribution < 1.29 is 39.6 Å². The van der Waals surface area contributed by atoms with Crippen LogP contribution in [0.4, 0.5) is 0 Å². The molecular weight excluding hydrogens is 518 g/mol. The number of Topliss-reactive ketones (excluding diaryl/α,β-unsaturated/α-hetero) is 3. The lowest BCUT2D eigenvalue weighted by molar-refractivity contribution is -0.190. The van der Waals surface area contributed by atoms with Gasteiger partial charge in [-0.25, -0.2) is 0 Å². The third-order valence-electron chi connectivity index (χ3n) is 9.58. The van der Waals surface area contributed by atoms with Crippen molar-refractivity contribution in [3.05, 3.63) is 40.2 Å². The lowest BCUT2D eigenvalue weighted by Gasteiger charge is -2.55. The lowest BCUT2D eigenvalue weighted by Crippen LogP contribution is -2.71. The highest BCUT2D eigenvalue weighted by atomic mass is 16.4. The van der Waals surface area contributed by atoms with Crippen LogP contribution in [0.1, 0.15) is 52.5 Å². The first-order valence-corrected chi connectivity index (χ1v) is 13.8. The van der Waals surface area contributed by atoms with Crippen molar-refractivity contribution in [2.24, 2.45) is 29.4 Å². The van der Waals surface area contributed by atoms with Crippen molar-refractivity contribution >= 4 is 23.3 Å². The minimum atomic E-state index is -2.58. The Hall–Kier alpha value is -3.12. The molecule has 1 aromatic rings. The topological polar surface area (TPSA) is 182 Å². The van der Waals surface area contributed by atoms with Gasteiger partial charge in [0.1, 0.15) is 23.2 Å². The molecule has 11 nitrogen and oxygen atoms in total. The molecule has 40 heavy (non-hydrogen) atoms. The monoisotopic (exact) mass is 555 g/mol. The fraction of sp³-hybridized carbons (Fsp3) is 0.586. The molecule has 11 heteroatoms. The Kier molecular flexibility index (Phi) is 7.14. The number of hydrogen-bond donors (Lipinski definition) is 5. The third kappa shape index (κ3) is 4.18. The maximum atomic E-state index is 13.9. The minimum absolute atomic E-state index is 0.0292. The zero-order valence-electron chi connectivity index (χ0n) is 23.0. The second kappa shape index (κ2) is 10.1. The van der Waals surface area contributed by atoms with Gasteiger partial charge in [-0.1, -0.05) is 6.92 Å². The molecule has 2 unspecified atom stereocenters. The van der Waals surface area contributed by atoms with Gasteiger partial charge in [0.2, 0.25) is 5.78 Å². The minimum Gasteiger partial charge on any atom is -0.510 e. The van der Waals surface area contributed by atoms with Gasteiger partial charge in [0.15, 0.2) is 17.2 Å². The van der Waals surface area contributed by atoms with Crippen LogP contribution in [0.5, 0.6) is 5.75 Å². The summed E-state index contributed by atoms with van der Waals surface area (Å²) < 4.78 is 0. The predicted molar refractivity (Wildman–Crippen MR) is 143 cm³/mol. The van der Waals surface area contributed by atoms with Crippen LogP contribution >= 0.6 is 0 Å². The van der Waals surface area contributed by atoms with Crippen molar-refractivity contribution in [1.29, 1.82) is 0 Å². The summed E-state index contributed by atoms with van der Waals surface area (Å²) in [4.78, 5) is 56.5. The Morgan fingerprint density at radius 1 is 1.15 bits per heavy atom. The largest absolute Gasteiger partial charge is 0.510 e. The second-order valence-electron chi connectivity index (χ2n) is 12.2. The van der Waals surface area contributed by atoms with E-state index in [0.717, 1.165) is 25.9 Å². The number of primary amides is 1. The smallest absolute Gasteiger partial charge is 0.255 e. The summed E-state index contributed by atoms with van der Waals surface area (Å²) in [6.07, 6.45) is 0.222. The van der Waals surface area contributed by atoms with E-state index in [1.54, 1.807) is 14.1 Å². The molecular formula is C29H37N3O8. The first-order chi connectivity index (χ1) is 18.8. The number of aliphatic hydroxyl groups is 3. The number of aromatic hydroxyl groups is 1. The summed E-state index contributed by atoms with van der Waals surface area (Å²) in [5.41, 5.74) is 2.62. The van der Waals surface area contributed by atoms with Crippen LogP contribution in [0.3, 0.4) is 0 Å². The second-order valence-corrected chi connectivity index (χ2v) is 12.2. The molecule has 3 aliphatic carbocycles. The normalized spacial score (nSPS) is 33.0. The van der Waals surface area contributed by atoms with Crippen LogP contribution in [0, 0.1) is 23.7 Å². The fourth-order valence-electron chi connectivity index (χ4n) is 7.46. The number of piperidine rings is 1. The van der Waals surface area contributed by atoms with E-state index in [9.17, 15) is 39.6 Å². The van der Waals surface area contributed by atoms with Crippen LogP contribution in [-0.2, 0) is 16.0 Å². The lowest BCUT2D eigenvalue weighted by atomic mass is 9.53. The van der Waals surface area contributed by atoms with Crippen LogP contribution < -0.4 is 5.73 Å². The van der Waals surface area contributed by atoms with Crippen LogP contribution in [0.25, 0.3) is 0 Å². The number of ketones is 3. The molecule has 5 rings (SSSR count). The van der Waals surface area contributed by atoms with Crippen molar-refractivity contribution in [2.75, 3.05) is 33.7 Å². The van der Waals surface area contributed by atoms with Crippen molar-refractivity contribution in [3.63, 3.8) is 0 Å². The van der Waals surface area contributed by atoms with E-state index < -0.39 is 64.3 Å². The van der Waals surface area contributed by atoms with Crippen molar-refractivity contribution in [2.45, 2.75) is 50.4 Å². The maximum absolute atomic E-state index is 13.9. The van der Waals surface area contributed by atoms with Gasteiger partial charge in [0.25, 0.3) is 5.91 Å². The van der Waals surface area contributed by atoms with Gasteiger partial charge in [-0.3, -0.25) is 29.0 Å². The molecule has 0 bridgehead atoms. The fourth-order valence-corrected chi connectivity index (χ4v) is 7.46. The number of phenols is 1. The maximum Gasteiger partial charge on any atom is 0.255 e. The standard InChI is InChI=1S/C29H37N3O8/c1-13-6-8-32(9-7-13)12-19(34)15-4-5-18(33)21-16(15)10-14-11-17-23(31(2)3)25(36)22(28(30)39)27(38)29(17,40)26(37)20(14)24(21)35/h4-5,13-14,17,20,23,26,33,36-37,40H,6-12H2,1-3H3,(H2,30,39)/t14-,17-,20?,23-,26?,29-/m0/s1. The molecule has 1 aliphatic heterocycles. The molecule has 1 aromatic carbocycles. The van der Waals surface area contributed by atoms with Gasteiger partial charge < -0.3 is 26.2 Å². The molecule has 0 aromatic heterocycles. The Morgan fingerprint density at radius 2 is 1.80 bits per heavy atom. The van der Waals surface area contributed by atoms with Crippen LogP contribution in [0.15, 0.2) is 23.5 Å². The molecule has 0 radical (unpaired) electrons. The number of aliphatic hydroxyl groups excluding tert-OH is 2. The van der Waals surface area contributed by atoms with Gasteiger partial charge >= 0.3 is 0 Å². The summed E-state index contributed by atoms with van der Waals surface area (Å²) >= 11 is 0. The van der Waals surface area contributed by atoms with E-state index in [2.05, 4.69) is 11.8 Å². The summed E-state index contributed by atoms with van der Waals surface area (Å²) in [5.74, 6) is -6.63. The van der Waals surface area contributed by atoms with Gasteiger partial charge in [-0.15, -0.1) is 0 Å². The van der Waals surface area contributed by atoms with Crippen molar-refractivity contribution in [3.8, 4) is 5.75 Å². The number of rotatable bonds is 5. The number of phenolic OH excluding ortho intramolecular Hbond substituents is 1. The number of likely N-dealkylation sites (N-methyl/N-ethyl adjacent to an activating group) is 1. The van der Waals surface area contributed by atoms with Gasteiger partial charge in [0, 0.05) is 11.5 Å². The Morgan fingerprint density at radius 3 is 2.40 bits per heavy atom. The first-order valence-electron chi connectivity index (χ1n) is 13.8.